The number of nitrogens with one attached hydrogen (secondary N) is 1. The summed E-state index contributed by atoms with van der Waals surface area (Å²) in [4.78, 5) is 29.4. The normalized spacial score (nSPS) is 25.1. The highest BCUT2D eigenvalue weighted by Gasteiger charge is 2.55. The first-order valence-electron chi connectivity index (χ1n) is 10.6. The maximum atomic E-state index is 13.5. The van der Waals surface area contributed by atoms with Crippen LogP contribution >= 0.6 is 0 Å². The molecule has 1 heterocycles. The molecule has 0 radical (unpaired) electrons. The summed E-state index contributed by atoms with van der Waals surface area (Å²) >= 11 is 0. The second-order valence-corrected chi connectivity index (χ2v) is 8.54. The van der Waals surface area contributed by atoms with E-state index in [0.717, 1.165) is 30.4 Å². The Morgan fingerprint density at radius 2 is 1.77 bits per heavy atom. The number of carbonyl (C=O) groups is 2. The fraction of sp³-hybridized carbons (Fsp3) is 0.417. The van der Waals surface area contributed by atoms with Crippen molar-refractivity contribution in [2.24, 2.45) is 5.92 Å². The van der Waals surface area contributed by atoms with E-state index in [-0.39, 0.29) is 36.4 Å². The Kier molecular flexibility index (Phi) is 5.60. The first-order valence-corrected chi connectivity index (χ1v) is 10.6. The Labute approximate surface area is 176 Å². The number of carbonyl (C=O) groups excluding carboxylic acids is 2. The van der Waals surface area contributed by atoms with Crippen LogP contribution < -0.4 is 5.32 Å². The van der Waals surface area contributed by atoms with E-state index in [9.17, 15) is 14.0 Å². The molecule has 1 spiro atoms. The van der Waals surface area contributed by atoms with Crippen LogP contribution in [0.2, 0.25) is 0 Å². The second-order valence-electron chi connectivity index (χ2n) is 8.54. The predicted molar refractivity (Wildman–Crippen MR) is 113 cm³/mol. The molecular weight excluding hydrogens is 381 g/mol. The van der Waals surface area contributed by atoms with Crippen molar-refractivity contribution in [3.8, 4) is 0 Å². The summed E-state index contributed by atoms with van der Waals surface area (Å²) in [7, 11) is 1.89. The van der Waals surface area contributed by atoms with Gasteiger partial charge >= 0.3 is 6.03 Å². The predicted octanol–water partition coefficient (Wildman–Crippen LogP) is 4.31. The van der Waals surface area contributed by atoms with Gasteiger partial charge in [0.15, 0.2) is 0 Å². The largest absolute Gasteiger partial charge is 0.326 e. The summed E-state index contributed by atoms with van der Waals surface area (Å²) in [5.74, 6) is -0.298. The third-order valence-corrected chi connectivity index (χ3v) is 6.61. The molecule has 1 N–H and O–H groups in total. The molecule has 2 aromatic rings. The third-order valence-electron chi connectivity index (χ3n) is 6.61. The minimum absolute atomic E-state index is 0.125. The number of imide groups is 1. The van der Waals surface area contributed by atoms with Crippen LogP contribution in [0.3, 0.4) is 0 Å². The molecule has 0 unspecified atom stereocenters. The van der Waals surface area contributed by atoms with Crippen molar-refractivity contribution in [3.05, 3.63) is 71.5 Å². The van der Waals surface area contributed by atoms with Gasteiger partial charge in [0.2, 0.25) is 0 Å². The van der Waals surface area contributed by atoms with Gasteiger partial charge in [-0.05, 0) is 49.1 Å². The fourth-order valence-electron chi connectivity index (χ4n) is 4.91. The summed E-state index contributed by atoms with van der Waals surface area (Å²) < 4.78 is 13.5. The van der Waals surface area contributed by atoms with Crippen LogP contribution in [0, 0.1) is 11.7 Å². The number of benzene rings is 2. The molecule has 1 saturated carbocycles. The van der Waals surface area contributed by atoms with Crippen molar-refractivity contribution in [3.63, 3.8) is 0 Å². The second kappa shape index (κ2) is 8.19. The molecule has 1 aliphatic heterocycles. The van der Waals surface area contributed by atoms with Crippen LogP contribution in [0.1, 0.15) is 49.8 Å². The lowest BCUT2D eigenvalue weighted by Crippen LogP contribution is -2.54. The van der Waals surface area contributed by atoms with Crippen molar-refractivity contribution in [2.75, 3.05) is 13.7 Å². The van der Waals surface area contributed by atoms with Crippen molar-refractivity contribution >= 4 is 11.9 Å². The maximum absolute atomic E-state index is 13.5. The number of hydrogen-bond donors (Lipinski definition) is 1. The highest BCUT2D eigenvalue weighted by molar-refractivity contribution is 6.07. The first kappa shape index (κ1) is 20.5. The zero-order chi connectivity index (χ0) is 21.3. The van der Waals surface area contributed by atoms with Crippen LogP contribution in [0.5, 0.6) is 0 Å². The number of halogens is 1. The lowest BCUT2D eigenvalue weighted by Gasteiger charge is -2.37. The Bertz CT molecular complexity index is 918. The lowest BCUT2D eigenvalue weighted by atomic mass is 9.73. The number of rotatable bonds is 5. The summed E-state index contributed by atoms with van der Waals surface area (Å²) in [6.07, 6.45) is 3.67. The van der Waals surface area contributed by atoms with Crippen LogP contribution in [-0.4, -0.2) is 41.0 Å². The van der Waals surface area contributed by atoms with Gasteiger partial charge in [-0.1, -0.05) is 62.2 Å². The van der Waals surface area contributed by atoms with Crippen LogP contribution in [-0.2, 0) is 4.79 Å². The minimum atomic E-state index is -0.770. The molecule has 2 fully saturated rings. The summed E-state index contributed by atoms with van der Waals surface area (Å²) in [6.45, 7) is 2.21. The molecule has 4 rings (SSSR count). The minimum Gasteiger partial charge on any atom is -0.323 e. The average Bonchev–Trinajstić information content (AvgIpc) is 2.97. The zero-order valence-corrected chi connectivity index (χ0v) is 17.5. The molecule has 2 aromatic carbocycles. The molecular formula is C24H28FN3O2. The van der Waals surface area contributed by atoms with Gasteiger partial charge in [-0.25, -0.2) is 14.1 Å². The molecule has 2 aliphatic rings. The average molecular weight is 410 g/mol. The SMILES string of the molecule is C[C@@H]1CCCC[C@@]12NC(=O)N(CN(C)[C@H](c1ccccc1)c1ccc(F)cc1)C2=O. The standard InChI is InChI=1S/C24H28FN3O2/c1-17-8-6-7-15-24(17)22(29)28(23(30)26-24)16-27(2)21(18-9-4-3-5-10-18)19-11-13-20(25)14-12-19/h3-5,9-14,17,21H,6-8,15-16H2,1-2H3,(H,26,30)/t17-,21-,24-/m1/s1. The van der Waals surface area contributed by atoms with Crippen molar-refractivity contribution in [1.29, 1.82) is 0 Å². The molecule has 3 amide bonds. The highest BCUT2D eigenvalue weighted by Crippen LogP contribution is 2.38. The Morgan fingerprint density at radius 3 is 2.43 bits per heavy atom. The molecule has 0 bridgehead atoms. The molecule has 158 valence electrons. The number of amides is 3. The van der Waals surface area contributed by atoms with Gasteiger partial charge < -0.3 is 5.32 Å². The quantitative estimate of drug-likeness (QED) is 0.749. The molecule has 1 saturated heterocycles. The van der Waals surface area contributed by atoms with Gasteiger partial charge in [-0.2, -0.15) is 0 Å². The lowest BCUT2D eigenvalue weighted by molar-refractivity contribution is -0.135. The molecule has 6 heteroatoms. The van der Waals surface area contributed by atoms with Crippen molar-refractivity contribution < 1.29 is 14.0 Å². The van der Waals surface area contributed by atoms with E-state index in [2.05, 4.69) is 12.2 Å². The van der Waals surface area contributed by atoms with Crippen molar-refractivity contribution in [2.45, 2.75) is 44.2 Å². The maximum Gasteiger partial charge on any atom is 0.326 e. The van der Waals surface area contributed by atoms with Crippen LogP contribution in [0.15, 0.2) is 54.6 Å². The van der Waals surface area contributed by atoms with E-state index in [1.807, 2.05) is 42.3 Å². The molecule has 5 nitrogen and oxygen atoms in total. The first-order chi connectivity index (χ1) is 14.4. The molecule has 1 aliphatic carbocycles. The number of urea groups is 1. The van der Waals surface area contributed by atoms with E-state index < -0.39 is 5.54 Å². The van der Waals surface area contributed by atoms with E-state index in [1.54, 1.807) is 12.1 Å². The Hall–Kier alpha value is -2.73. The molecule has 0 aromatic heterocycles. The van der Waals surface area contributed by atoms with Gasteiger partial charge in [0.1, 0.15) is 11.4 Å². The highest BCUT2D eigenvalue weighted by atomic mass is 19.1. The summed E-state index contributed by atoms with van der Waals surface area (Å²) in [6, 6.07) is 15.7. The van der Waals surface area contributed by atoms with Crippen LogP contribution in [0.4, 0.5) is 9.18 Å². The Morgan fingerprint density at radius 1 is 1.10 bits per heavy atom. The smallest absolute Gasteiger partial charge is 0.323 e. The number of nitrogens with zero attached hydrogens (tertiary/aromatic N) is 2. The Balaban J connectivity index is 1.61. The topological polar surface area (TPSA) is 52.7 Å². The monoisotopic (exact) mass is 409 g/mol. The molecule has 3 atom stereocenters. The zero-order valence-electron chi connectivity index (χ0n) is 17.5. The van der Waals surface area contributed by atoms with E-state index >= 15 is 0 Å². The van der Waals surface area contributed by atoms with Crippen molar-refractivity contribution in [1.82, 2.24) is 15.1 Å². The van der Waals surface area contributed by atoms with Gasteiger partial charge in [-0.3, -0.25) is 9.69 Å². The summed E-state index contributed by atoms with van der Waals surface area (Å²) in [5, 5.41) is 3.01. The van der Waals surface area contributed by atoms with Gasteiger partial charge in [0.05, 0.1) is 12.7 Å². The summed E-state index contributed by atoms with van der Waals surface area (Å²) in [5.41, 5.74) is 1.14. The van der Waals surface area contributed by atoms with E-state index in [4.69, 9.17) is 0 Å². The van der Waals surface area contributed by atoms with Gasteiger partial charge in [0.25, 0.3) is 5.91 Å². The van der Waals surface area contributed by atoms with Gasteiger partial charge in [0, 0.05) is 0 Å². The third kappa shape index (κ3) is 3.60. The van der Waals surface area contributed by atoms with Gasteiger partial charge in [-0.15, -0.1) is 0 Å². The molecule has 30 heavy (non-hydrogen) atoms. The van der Waals surface area contributed by atoms with E-state index in [0.29, 0.717) is 6.42 Å². The van der Waals surface area contributed by atoms with Crippen LogP contribution in [0.25, 0.3) is 0 Å². The number of hydrogen-bond acceptors (Lipinski definition) is 3. The fourth-order valence-corrected chi connectivity index (χ4v) is 4.91. The van der Waals surface area contributed by atoms with E-state index in [1.165, 1.54) is 17.0 Å².